The van der Waals surface area contributed by atoms with Crippen LogP contribution >= 0.6 is 0 Å². The topological polar surface area (TPSA) is 38.3 Å². The molecule has 0 unspecified atom stereocenters. The van der Waals surface area contributed by atoms with Gasteiger partial charge in [0.05, 0.1) is 0 Å². The van der Waals surface area contributed by atoms with Gasteiger partial charge in [-0.05, 0) is 62.1 Å². The van der Waals surface area contributed by atoms with Gasteiger partial charge in [-0.1, -0.05) is 30.5 Å². The second-order valence-corrected chi connectivity index (χ2v) is 6.34. The summed E-state index contributed by atoms with van der Waals surface area (Å²) in [6, 6.07) is 15.5. The highest BCUT2D eigenvalue weighted by atomic mass is 16.5. The van der Waals surface area contributed by atoms with Crippen molar-refractivity contribution in [3.8, 4) is 11.5 Å². The minimum Gasteiger partial charge on any atom is -0.457 e. The third kappa shape index (κ3) is 4.59. The molecule has 2 aromatic carbocycles. The Morgan fingerprint density at radius 2 is 1.57 bits per heavy atom. The van der Waals surface area contributed by atoms with E-state index in [9.17, 15) is 4.79 Å². The standard InChI is InChI=1S/C20H23NO2/c1-15-6-10-18(11-7-15)23-19-12-8-17(9-13-19)21-20(22)14-16-4-2-3-5-16/h6-13,16H,2-5,14H2,1H3,(H,21,22). The Balaban J connectivity index is 1.54. The van der Waals surface area contributed by atoms with Crippen molar-refractivity contribution in [2.45, 2.75) is 39.0 Å². The summed E-state index contributed by atoms with van der Waals surface area (Å²) < 4.78 is 5.79. The van der Waals surface area contributed by atoms with Gasteiger partial charge in [0.25, 0.3) is 0 Å². The van der Waals surface area contributed by atoms with Gasteiger partial charge < -0.3 is 10.1 Å². The number of hydrogen-bond donors (Lipinski definition) is 1. The number of carbonyl (C=O) groups excluding carboxylic acids is 1. The Kier molecular flexibility index (Phi) is 4.96. The van der Waals surface area contributed by atoms with E-state index in [0.29, 0.717) is 12.3 Å². The first kappa shape index (κ1) is 15.6. The summed E-state index contributed by atoms with van der Waals surface area (Å²) in [7, 11) is 0. The predicted molar refractivity (Wildman–Crippen MR) is 92.9 cm³/mol. The molecule has 2 aromatic rings. The van der Waals surface area contributed by atoms with Crippen molar-refractivity contribution in [2.24, 2.45) is 5.92 Å². The first-order valence-corrected chi connectivity index (χ1v) is 8.33. The number of aryl methyl sites for hydroxylation is 1. The predicted octanol–water partition coefficient (Wildman–Crippen LogP) is 5.31. The molecule has 0 spiro atoms. The van der Waals surface area contributed by atoms with E-state index in [1.165, 1.54) is 31.2 Å². The molecule has 3 rings (SSSR count). The van der Waals surface area contributed by atoms with Crippen LogP contribution in [0.1, 0.15) is 37.7 Å². The van der Waals surface area contributed by atoms with Crippen molar-refractivity contribution in [2.75, 3.05) is 5.32 Å². The summed E-state index contributed by atoms with van der Waals surface area (Å²) in [5, 5.41) is 2.97. The monoisotopic (exact) mass is 309 g/mol. The van der Waals surface area contributed by atoms with Gasteiger partial charge in [-0.3, -0.25) is 4.79 Å². The van der Waals surface area contributed by atoms with Crippen molar-refractivity contribution in [1.29, 1.82) is 0 Å². The molecule has 1 aliphatic carbocycles. The molecule has 0 bridgehead atoms. The van der Waals surface area contributed by atoms with Crippen LogP contribution in [0.3, 0.4) is 0 Å². The molecule has 0 radical (unpaired) electrons. The molecule has 3 heteroatoms. The van der Waals surface area contributed by atoms with Gasteiger partial charge in [-0.25, -0.2) is 0 Å². The smallest absolute Gasteiger partial charge is 0.224 e. The van der Waals surface area contributed by atoms with Crippen LogP contribution < -0.4 is 10.1 Å². The molecule has 1 saturated carbocycles. The highest BCUT2D eigenvalue weighted by molar-refractivity contribution is 5.90. The van der Waals surface area contributed by atoms with Crippen LogP contribution in [-0.4, -0.2) is 5.91 Å². The summed E-state index contributed by atoms with van der Waals surface area (Å²) >= 11 is 0. The van der Waals surface area contributed by atoms with E-state index in [1.54, 1.807) is 0 Å². The van der Waals surface area contributed by atoms with Gasteiger partial charge in [0.15, 0.2) is 0 Å². The van der Waals surface area contributed by atoms with E-state index in [-0.39, 0.29) is 5.91 Å². The van der Waals surface area contributed by atoms with E-state index >= 15 is 0 Å². The quantitative estimate of drug-likeness (QED) is 0.813. The van der Waals surface area contributed by atoms with Crippen molar-refractivity contribution < 1.29 is 9.53 Å². The summed E-state index contributed by atoms with van der Waals surface area (Å²) in [5.74, 6) is 2.26. The summed E-state index contributed by atoms with van der Waals surface area (Å²) in [5.41, 5.74) is 2.03. The van der Waals surface area contributed by atoms with E-state index in [1.807, 2.05) is 55.5 Å². The van der Waals surface area contributed by atoms with Crippen LogP contribution in [0, 0.1) is 12.8 Å². The maximum atomic E-state index is 12.0. The Hall–Kier alpha value is -2.29. The van der Waals surface area contributed by atoms with Crippen LogP contribution in [0.5, 0.6) is 11.5 Å². The molecular weight excluding hydrogens is 286 g/mol. The average molecular weight is 309 g/mol. The molecule has 1 N–H and O–H groups in total. The number of rotatable bonds is 5. The molecule has 3 nitrogen and oxygen atoms in total. The van der Waals surface area contributed by atoms with Crippen molar-refractivity contribution in [3.63, 3.8) is 0 Å². The fourth-order valence-corrected chi connectivity index (χ4v) is 3.04. The second-order valence-electron chi connectivity index (χ2n) is 6.34. The number of benzene rings is 2. The highest BCUT2D eigenvalue weighted by Crippen LogP contribution is 2.28. The van der Waals surface area contributed by atoms with Crippen LogP contribution in [0.4, 0.5) is 5.69 Å². The number of nitrogens with one attached hydrogen (secondary N) is 1. The van der Waals surface area contributed by atoms with Crippen LogP contribution in [0.2, 0.25) is 0 Å². The fourth-order valence-electron chi connectivity index (χ4n) is 3.04. The Labute approximate surface area is 137 Å². The lowest BCUT2D eigenvalue weighted by Gasteiger charge is -2.10. The lowest BCUT2D eigenvalue weighted by atomic mass is 10.0. The minimum absolute atomic E-state index is 0.115. The Morgan fingerprint density at radius 1 is 1.00 bits per heavy atom. The van der Waals surface area contributed by atoms with E-state index in [4.69, 9.17) is 4.74 Å². The SMILES string of the molecule is Cc1ccc(Oc2ccc(NC(=O)CC3CCCC3)cc2)cc1. The molecule has 1 fully saturated rings. The number of ether oxygens (including phenoxy) is 1. The van der Waals surface area contributed by atoms with E-state index in [2.05, 4.69) is 5.32 Å². The third-order valence-electron chi connectivity index (χ3n) is 4.34. The van der Waals surface area contributed by atoms with E-state index < -0.39 is 0 Å². The lowest BCUT2D eigenvalue weighted by molar-refractivity contribution is -0.117. The van der Waals surface area contributed by atoms with Gasteiger partial charge in [0, 0.05) is 12.1 Å². The van der Waals surface area contributed by atoms with Crippen molar-refractivity contribution >= 4 is 11.6 Å². The van der Waals surface area contributed by atoms with Gasteiger partial charge in [0.2, 0.25) is 5.91 Å². The zero-order valence-corrected chi connectivity index (χ0v) is 13.5. The number of hydrogen-bond acceptors (Lipinski definition) is 2. The number of amides is 1. The molecule has 0 atom stereocenters. The lowest BCUT2D eigenvalue weighted by Crippen LogP contribution is -2.14. The summed E-state index contributed by atoms with van der Waals surface area (Å²) in [4.78, 5) is 12.0. The molecule has 1 amide bonds. The fraction of sp³-hybridized carbons (Fsp3) is 0.350. The van der Waals surface area contributed by atoms with Crippen molar-refractivity contribution in [1.82, 2.24) is 0 Å². The second kappa shape index (κ2) is 7.32. The van der Waals surface area contributed by atoms with Crippen molar-refractivity contribution in [3.05, 3.63) is 54.1 Å². The largest absolute Gasteiger partial charge is 0.457 e. The van der Waals surface area contributed by atoms with Gasteiger partial charge >= 0.3 is 0 Å². The Morgan fingerprint density at radius 3 is 2.17 bits per heavy atom. The maximum Gasteiger partial charge on any atom is 0.224 e. The summed E-state index contributed by atoms with van der Waals surface area (Å²) in [6.07, 6.45) is 5.56. The molecule has 0 aromatic heterocycles. The molecule has 23 heavy (non-hydrogen) atoms. The van der Waals surface area contributed by atoms with Gasteiger partial charge in [-0.2, -0.15) is 0 Å². The minimum atomic E-state index is 0.115. The number of anilines is 1. The highest BCUT2D eigenvalue weighted by Gasteiger charge is 2.18. The molecule has 0 heterocycles. The maximum absolute atomic E-state index is 12.0. The first-order valence-electron chi connectivity index (χ1n) is 8.33. The van der Waals surface area contributed by atoms with Gasteiger partial charge in [-0.15, -0.1) is 0 Å². The zero-order chi connectivity index (χ0) is 16.1. The average Bonchev–Trinajstić information content (AvgIpc) is 3.04. The van der Waals surface area contributed by atoms with E-state index in [0.717, 1.165) is 17.2 Å². The zero-order valence-electron chi connectivity index (χ0n) is 13.5. The van der Waals surface area contributed by atoms with Gasteiger partial charge in [0.1, 0.15) is 11.5 Å². The van der Waals surface area contributed by atoms with Crippen LogP contribution in [-0.2, 0) is 4.79 Å². The molecule has 0 saturated heterocycles. The molecule has 1 aliphatic rings. The van der Waals surface area contributed by atoms with Crippen LogP contribution in [0.25, 0.3) is 0 Å². The molecular formula is C20H23NO2. The molecule has 0 aliphatic heterocycles. The summed E-state index contributed by atoms with van der Waals surface area (Å²) in [6.45, 7) is 2.05. The number of carbonyl (C=O) groups is 1. The third-order valence-corrected chi connectivity index (χ3v) is 4.34. The Bertz CT molecular complexity index is 640. The molecule has 120 valence electrons. The normalized spacial score (nSPS) is 14.7. The first-order chi connectivity index (χ1) is 11.2. The van der Waals surface area contributed by atoms with Crippen LogP contribution in [0.15, 0.2) is 48.5 Å².